The molecule has 36 heavy (non-hydrogen) atoms. The van der Waals surface area contributed by atoms with Crippen LogP contribution in [-0.4, -0.2) is 35.9 Å². The molecule has 3 N–H and O–H groups in total. The van der Waals surface area contributed by atoms with Gasteiger partial charge in [-0.15, -0.1) is 0 Å². The van der Waals surface area contributed by atoms with Gasteiger partial charge in [0, 0.05) is 34.8 Å². The van der Waals surface area contributed by atoms with Gasteiger partial charge < -0.3 is 15.6 Å². The Morgan fingerprint density at radius 2 is 1.69 bits per heavy atom. The van der Waals surface area contributed by atoms with E-state index in [2.05, 4.69) is 34.6 Å². The van der Waals surface area contributed by atoms with Crippen molar-refractivity contribution in [2.24, 2.45) is 0 Å². The number of fused-ring (bicyclic) bond motifs is 1. The molecule has 0 radical (unpaired) electrons. The number of aryl methyl sites for hydroxylation is 1. The van der Waals surface area contributed by atoms with Crippen LogP contribution >= 0.6 is 0 Å². The first-order valence-corrected chi connectivity index (χ1v) is 11.6. The first-order valence-electron chi connectivity index (χ1n) is 11.6. The van der Waals surface area contributed by atoms with Gasteiger partial charge >= 0.3 is 6.18 Å². The highest BCUT2D eigenvalue weighted by Gasteiger charge is 2.28. The van der Waals surface area contributed by atoms with Gasteiger partial charge in [-0.2, -0.15) is 13.2 Å². The molecule has 1 amide bonds. The Balaban J connectivity index is 1.54. The van der Waals surface area contributed by atoms with E-state index in [1.807, 2.05) is 42.6 Å². The van der Waals surface area contributed by atoms with Gasteiger partial charge in [-0.25, -0.2) is 0 Å². The van der Waals surface area contributed by atoms with Crippen molar-refractivity contribution in [2.45, 2.75) is 25.6 Å². The number of hydrogen-bond acceptors (Lipinski definition) is 3. The summed E-state index contributed by atoms with van der Waals surface area (Å²) in [5.41, 5.74) is 4.17. The average molecular weight is 494 g/mol. The molecule has 0 aliphatic rings. The molecule has 4 rings (SSSR count). The van der Waals surface area contributed by atoms with Crippen LogP contribution in [0.1, 0.15) is 43.4 Å². The lowest BCUT2D eigenvalue weighted by Crippen LogP contribution is -2.33. The topological polar surface area (TPSA) is 74.0 Å². The highest BCUT2D eigenvalue weighted by atomic mass is 19.4. The van der Waals surface area contributed by atoms with E-state index in [0.717, 1.165) is 17.5 Å². The summed E-state index contributed by atoms with van der Waals surface area (Å²) < 4.78 is 37.3. The van der Waals surface area contributed by atoms with Crippen molar-refractivity contribution in [2.75, 3.05) is 13.1 Å². The molecule has 0 aliphatic heterocycles. The van der Waals surface area contributed by atoms with Crippen molar-refractivity contribution in [3.63, 3.8) is 0 Å². The van der Waals surface area contributed by atoms with E-state index in [0.29, 0.717) is 23.0 Å². The summed E-state index contributed by atoms with van der Waals surface area (Å²) in [5.74, 6) is -0.984. The molecule has 186 valence electrons. The van der Waals surface area contributed by atoms with Crippen molar-refractivity contribution in [1.29, 1.82) is 0 Å². The highest BCUT2D eigenvalue weighted by Crippen LogP contribution is 2.26. The SMILES string of the molecule is Cc1ccc(CCN[C@@H](C(=O)c2c[nH]c3cc(C(=O)NCC(F)(F)F)ccc23)c2ccccc2)cc1. The monoisotopic (exact) mass is 493 g/mol. The summed E-state index contributed by atoms with van der Waals surface area (Å²) in [7, 11) is 0. The van der Waals surface area contributed by atoms with Gasteiger partial charge in [0.25, 0.3) is 5.91 Å². The summed E-state index contributed by atoms with van der Waals surface area (Å²) in [6, 6.07) is 21.5. The minimum Gasteiger partial charge on any atom is -0.360 e. The maximum Gasteiger partial charge on any atom is 0.405 e. The van der Waals surface area contributed by atoms with Crippen molar-refractivity contribution >= 4 is 22.6 Å². The smallest absolute Gasteiger partial charge is 0.360 e. The Morgan fingerprint density at radius 3 is 2.39 bits per heavy atom. The molecule has 0 bridgehead atoms. The fourth-order valence-corrected chi connectivity index (χ4v) is 4.03. The van der Waals surface area contributed by atoms with Crippen LogP contribution in [0.3, 0.4) is 0 Å². The fraction of sp³-hybridized carbons (Fsp3) is 0.214. The van der Waals surface area contributed by atoms with Gasteiger partial charge in [0.05, 0.1) is 6.04 Å². The zero-order chi connectivity index (χ0) is 25.7. The summed E-state index contributed by atoms with van der Waals surface area (Å²) >= 11 is 0. The lowest BCUT2D eigenvalue weighted by molar-refractivity contribution is -0.123. The fourth-order valence-electron chi connectivity index (χ4n) is 4.03. The molecule has 0 spiro atoms. The standard InChI is InChI=1S/C28H26F3N3O2/c1-18-7-9-19(10-8-18)13-14-32-25(20-5-3-2-4-6-20)26(35)23-16-33-24-15-21(11-12-22(23)24)27(36)34-17-28(29,30)31/h2-12,15-16,25,32-33H,13-14,17H2,1H3,(H,34,36)/t25-/m1/s1. The number of carbonyl (C=O) groups is 2. The first-order chi connectivity index (χ1) is 17.2. The summed E-state index contributed by atoms with van der Waals surface area (Å²) in [6.45, 7) is 1.21. The van der Waals surface area contributed by atoms with E-state index in [9.17, 15) is 22.8 Å². The predicted molar refractivity (Wildman–Crippen MR) is 133 cm³/mol. The van der Waals surface area contributed by atoms with E-state index < -0.39 is 24.7 Å². The molecule has 1 aromatic heterocycles. The van der Waals surface area contributed by atoms with Gasteiger partial charge in [-0.05, 0) is 36.6 Å². The maximum absolute atomic E-state index is 13.7. The number of carbonyl (C=O) groups excluding carboxylic acids is 2. The van der Waals surface area contributed by atoms with Gasteiger partial charge in [0.2, 0.25) is 0 Å². The van der Waals surface area contributed by atoms with Crippen LogP contribution in [0, 0.1) is 6.92 Å². The number of halogens is 3. The lowest BCUT2D eigenvalue weighted by atomic mass is 9.96. The third kappa shape index (κ3) is 6.20. The third-order valence-electron chi connectivity index (χ3n) is 5.94. The van der Waals surface area contributed by atoms with Crippen molar-refractivity contribution in [1.82, 2.24) is 15.6 Å². The molecule has 0 aliphatic carbocycles. The number of aromatic nitrogens is 1. The second kappa shape index (κ2) is 10.8. The van der Waals surface area contributed by atoms with Crippen LogP contribution in [0.2, 0.25) is 0 Å². The van der Waals surface area contributed by atoms with Gasteiger partial charge in [0.1, 0.15) is 6.54 Å². The number of aromatic amines is 1. The second-order valence-electron chi connectivity index (χ2n) is 8.66. The molecular weight excluding hydrogens is 467 g/mol. The van der Waals surface area contributed by atoms with E-state index in [4.69, 9.17) is 0 Å². The van der Waals surface area contributed by atoms with Gasteiger partial charge in [-0.1, -0.05) is 66.2 Å². The molecule has 8 heteroatoms. The number of amides is 1. The minimum absolute atomic E-state index is 0.0726. The zero-order valence-electron chi connectivity index (χ0n) is 19.7. The van der Waals surface area contributed by atoms with Crippen LogP contribution in [-0.2, 0) is 6.42 Å². The zero-order valence-corrected chi connectivity index (χ0v) is 19.7. The van der Waals surface area contributed by atoms with E-state index >= 15 is 0 Å². The van der Waals surface area contributed by atoms with Crippen molar-refractivity contribution in [3.8, 4) is 0 Å². The van der Waals surface area contributed by atoms with Crippen LogP contribution in [0.15, 0.2) is 79.0 Å². The quantitative estimate of drug-likeness (QED) is 0.269. The molecule has 3 aromatic carbocycles. The molecule has 1 atom stereocenters. The maximum atomic E-state index is 13.7. The summed E-state index contributed by atoms with van der Waals surface area (Å²) in [5, 5.41) is 5.83. The largest absolute Gasteiger partial charge is 0.405 e. The Hall–Kier alpha value is -3.91. The molecule has 0 saturated heterocycles. The number of rotatable bonds is 9. The van der Waals surface area contributed by atoms with Crippen molar-refractivity contribution in [3.05, 3.63) is 107 Å². The molecule has 5 nitrogen and oxygen atoms in total. The van der Waals surface area contributed by atoms with Gasteiger partial charge in [0.15, 0.2) is 5.78 Å². The lowest BCUT2D eigenvalue weighted by Gasteiger charge is -2.18. The molecule has 4 aromatic rings. The number of Topliss-reactive ketones (excluding diaryl/α,β-unsaturated/α-hetero) is 1. The van der Waals surface area contributed by atoms with Crippen LogP contribution < -0.4 is 10.6 Å². The van der Waals surface area contributed by atoms with E-state index in [1.54, 1.807) is 12.3 Å². The Bertz CT molecular complexity index is 1350. The second-order valence-corrected chi connectivity index (χ2v) is 8.66. The number of hydrogen-bond donors (Lipinski definition) is 3. The summed E-state index contributed by atoms with van der Waals surface area (Å²) in [6.07, 6.45) is -2.17. The minimum atomic E-state index is -4.50. The molecule has 0 fully saturated rings. The Kier molecular flexibility index (Phi) is 7.55. The molecule has 0 saturated carbocycles. The van der Waals surface area contributed by atoms with Crippen LogP contribution in [0.5, 0.6) is 0 Å². The normalized spacial score (nSPS) is 12.4. The number of alkyl halides is 3. The number of ketones is 1. The predicted octanol–water partition coefficient (Wildman–Crippen LogP) is 5.52. The third-order valence-corrected chi connectivity index (χ3v) is 5.94. The molecule has 0 unspecified atom stereocenters. The highest BCUT2D eigenvalue weighted by molar-refractivity contribution is 6.11. The Morgan fingerprint density at radius 1 is 0.972 bits per heavy atom. The van der Waals surface area contributed by atoms with Crippen LogP contribution in [0.25, 0.3) is 10.9 Å². The molecular formula is C28H26F3N3O2. The van der Waals surface area contributed by atoms with E-state index in [-0.39, 0.29) is 11.3 Å². The number of nitrogens with one attached hydrogen (secondary N) is 3. The Labute approximate surface area is 206 Å². The molecule has 1 heterocycles. The summed E-state index contributed by atoms with van der Waals surface area (Å²) in [4.78, 5) is 28.8. The number of benzene rings is 3. The average Bonchev–Trinajstić information content (AvgIpc) is 3.29. The van der Waals surface area contributed by atoms with Crippen molar-refractivity contribution < 1.29 is 22.8 Å². The van der Waals surface area contributed by atoms with E-state index in [1.165, 1.54) is 17.7 Å². The van der Waals surface area contributed by atoms with Gasteiger partial charge in [-0.3, -0.25) is 9.59 Å². The van der Waals surface area contributed by atoms with Crippen LogP contribution in [0.4, 0.5) is 13.2 Å². The number of H-pyrrole nitrogens is 1. The first kappa shape index (κ1) is 25.2.